The number of carbonyl (C=O) groups is 3. The van der Waals surface area contributed by atoms with E-state index in [1.165, 1.54) is 0 Å². The van der Waals surface area contributed by atoms with Crippen molar-refractivity contribution in [3.8, 4) is 0 Å². The van der Waals surface area contributed by atoms with Gasteiger partial charge in [-0.25, -0.2) is 14.6 Å². The highest BCUT2D eigenvalue weighted by Crippen LogP contribution is 2.26. The number of Topliss-reactive ketones (excluding diaryl/α,β-unsaturated/α-hetero) is 1. The van der Waals surface area contributed by atoms with E-state index in [0.29, 0.717) is 25.0 Å². The molecule has 0 aliphatic carbocycles. The fourth-order valence-electron chi connectivity index (χ4n) is 2.81. The largest absolute Gasteiger partial charge is 0.478 e. The summed E-state index contributed by atoms with van der Waals surface area (Å²) in [5.41, 5.74) is 3.90. The van der Waals surface area contributed by atoms with Gasteiger partial charge in [-0.3, -0.25) is 4.79 Å². The lowest BCUT2D eigenvalue weighted by atomic mass is 10.0. The number of fused-ring (bicyclic) bond motifs is 1. The van der Waals surface area contributed by atoms with Gasteiger partial charge in [-0.15, -0.1) is 0 Å². The summed E-state index contributed by atoms with van der Waals surface area (Å²) in [6, 6.07) is 8.04. The van der Waals surface area contributed by atoms with Gasteiger partial charge >= 0.3 is 11.9 Å². The van der Waals surface area contributed by atoms with E-state index in [0.717, 1.165) is 27.9 Å². The fourth-order valence-corrected chi connectivity index (χ4v) is 2.81. The lowest BCUT2D eigenvalue weighted by molar-refractivity contribution is -0.134. The van der Waals surface area contributed by atoms with Crippen LogP contribution in [0.15, 0.2) is 48.9 Å². The van der Waals surface area contributed by atoms with E-state index in [1.54, 1.807) is 6.33 Å². The van der Waals surface area contributed by atoms with Crippen molar-refractivity contribution in [1.29, 1.82) is 0 Å². The van der Waals surface area contributed by atoms with E-state index < -0.39 is 11.9 Å². The fraction of sp³-hybridized carbons (Fsp3) is 0.200. The molecule has 2 aromatic heterocycles. The van der Waals surface area contributed by atoms with E-state index in [4.69, 9.17) is 10.2 Å². The zero-order valence-electron chi connectivity index (χ0n) is 15.5. The van der Waals surface area contributed by atoms with Crippen LogP contribution in [0.1, 0.15) is 28.2 Å². The number of benzene rings is 1. The van der Waals surface area contributed by atoms with Crippen LogP contribution in [0, 0.1) is 6.92 Å². The van der Waals surface area contributed by atoms with Crippen molar-refractivity contribution < 1.29 is 24.6 Å². The second kappa shape index (κ2) is 9.31. The number of rotatable bonds is 6. The van der Waals surface area contributed by atoms with Crippen LogP contribution >= 0.6 is 0 Å². The molecule has 0 atom stereocenters. The summed E-state index contributed by atoms with van der Waals surface area (Å²) in [7, 11) is 2.00. The first-order valence-electron chi connectivity index (χ1n) is 8.50. The number of hydrogen-bond donors (Lipinski definition) is 3. The van der Waals surface area contributed by atoms with E-state index in [9.17, 15) is 14.4 Å². The summed E-state index contributed by atoms with van der Waals surface area (Å²) in [5, 5.41) is 16.7. The van der Waals surface area contributed by atoms with Gasteiger partial charge in [-0.05, 0) is 19.4 Å². The molecule has 1 aromatic carbocycles. The average molecular weight is 383 g/mol. The van der Waals surface area contributed by atoms with Gasteiger partial charge < -0.3 is 19.8 Å². The number of imidazole rings is 1. The zero-order valence-corrected chi connectivity index (χ0v) is 15.5. The summed E-state index contributed by atoms with van der Waals surface area (Å²) in [4.78, 5) is 38.7. The van der Waals surface area contributed by atoms with Crippen LogP contribution in [0.5, 0.6) is 0 Å². The van der Waals surface area contributed by atoms with Crippen molar-refractivity contribution in [2.24, 2.45) is 7.05 Å². The molecule has 8 heteroatoms. The third-order valence-electron chi connectivity index (χ3n) is 4.21. The lowest BCUT2D eigenvalue weighted by Gasteiger charge is -2.01. The molecule has 0 bridgehead atoms. The Hall–Kier alpha value is -3.68. The van der Waals surface area contributed by atoms with Crippen LogP contribution in [0.4, 0.5) is 0 Å². The van der Waals surface area contributed by atoms with Crippen molar-refractivity contribution in [2.45, 2.75) is 19.8 Å². The molecular weight excluding hydrogens is 362 g/mol. The first-order valence-corrected chi connectivity index (χ1v) is 8.50. The van der Waals surface area contributed by atoms with Gasteiger partial charge in [-0.1, -0.05) is 18.2 Å². The Balaban J connectivity index is 0.000000300. The van der Waals surface area contributed by atoms with Crippen LogP contribution in [0.2, 0.25) is 0 Å². The summed E-state index contributed by atoms with van der Waals surface area (Å²) in [6.07, 6.45) is 5.75. The molecule has 28 heavy (non-hydrogen) atoms. The van der Waals surface area contributed by atoms with Gasteiger partial charge in [0.05, 0.1) is 12.0 Å². The number of para-hydroxylation sites is 1. The molecule has 0 aliphatic heterocycles. The monoisotopic (exact) mass is 383 g/mol. The Morgan fingerprint density at radius 2 is 1.79 bits per heavy atom. The highest BCUT2D eigenvalue weighted by atomic mass is 16.4. The predicted molar refractivity (Wildman–Crippen MR) is 103 cm³/mol. The molecule has 0 radical (unpaired) electrons. The second-order valence-electron chi connectivity index (χ2n) is 6.03. The van der Waals surface area contributed by atoms with Crippen molar-refractivity contribution in [3.63, 3.8) is 0 Å². The van der Waals surface area contributed by atoms with E-state index in [2.05, 4.69) is 14.5 Å². The van der Waals surface area contributed by atoms with Crippen LogP contribution in [0.3, 0.4) is 0 Å². The van der Waals surface area contributed by atoms with Gasteiger partial charge in [0.15, 0.2) is 5.78 Å². The van der Waals surface area contributed by atoms with Gasteiger partial charge in [0.25, 0.3) is 0 Å². The number of ketones is 1. The molecule has 0 aliphatic rings. The van der Waals surface area contributed by atoms with Crippen molar-refractivity contribution in [2.75, 3.05) is 0 Å². The molecule has 146 valence electrons. The molecule has 0 fully saturated rings. The van der Waals surface area contributed by atoms with Crippen molar-refractivity contribution in [1.82, 2.24) is 14.5 Å². The topological polar surface area (TPSA) is 125 Å². The van der Waals surface area contributed by atoms with E-state index in [-0.39, 0.29) is 5.78 Å². The molecule has 8 nitrogen and oxygen atoms in total. The summed E-state index contributed by atoms with van der Waals surface area (Å²) in [6.45, 7) is 2.00. The smallest absolute Gasteiger partial charge is 0.328 e. The van der Waals surface area contributed by atoms with Crippen LogP contribution in [-0.2, 0) is 23.1 Å². The van der Waals surface area contributed by atoms with Crippen LogP contribution in [-0.4, -0.2) is 42.5 Å². The second-order valence-corrected chi connectivity index (χ2v) is 6.03. The number of aryl methyl sites for hydroxylation is 2. The zero-order chi connectivity index (χ0) is 20.7. The maximum atomic E-state index is 12.5. The molecular formula is C20H21N3O5. The van der Waals surface area contributed by atoms with Gasteiger partial charge in [0.2, 0.25) is 0 Å². The van der Waals surface area contributed by atoms with Crippen LogP contribution < -0.4 is 0 Å². The maximum absolute atomic E-state index is 12.5. The Morgan fingerprint density at radius 1 is 1.14 bits per heavy atom. The number of nitrogens with zero attached hydrogens (tertiary/aromatic N) is 2. The number of aliphatic carboxylic acids is 2. The van der Waals surface area contributed by atoms with Gasteiger partial charge in [0, 0.05) is 54.0 Å². The number of carbonyl (C=O) groups excluding carboxylic acids is 1. The summed E-state index contributed by atoms with van der Waals surface area (Å²) in [5.74, 6) is -2.33. The van der Waals surface area contributed by atoms with Crippen molar-refractivity contribution >= 4 is 28.6 Å². The summed E-state index contributed by atoms with van der Waals surface area (Å²) < 4.78 is 2.08. The average Bonchev–Trinajstić information content (AvgIpc) is 3.26. The molecule has 0 saturated carbocycles. The highest BCUT2D eigenvalue weighted by Gasteiger charge is 2.17. The third-order valence-corrected chi connectivity index (χ3v) is 4.21. The number of aromatic nitrogens is 3. The number of aromatic amines is 1. The Labute approximate surface area is 161 Å². The van der Waals surface area contributed by atoms with Gasteiger partial charge in [-0.2, -0.15) is 0 Å². The minimum Gasteiger partial charge on any atom is -0.478 e. The highest BCUT2D eigenvalue weighted by molar-refractivity contribution is 6.09. The number of carboxylic acid groups (broad SMARTS) is 2. The SMILES string of the molecule is Cc1c(C(=O)CCc2c[nH]cn2)c2ccccc2n1C.O=C(O)/C=C\C(=O)O. The summed E-state index contributed by atoms with van der Waals surface area (Å²) >= 11 is 0. The predicted octanol–water partition coefficient (Wildman–Crippen LogP) is 2.74. The quantitative estimate of drug-likeness (QED) is 0.444. The first-order chi connectivity index (χ1) is 13.3. The molecule has 0 unspecified atom stereocenters. The number of nitrogens with one attached hydrogen (secondary N) is 1. The lowest BCUT2D eigenvalue weighted by Crippen LogP contribution is -2.04. The first kappa shape index (κ1) is 20.6. The molecule has 0 spiro atoms. The Bertz CT molecular complexity index is 1000. The standard InChI is InChI=1S/C16H17N3O.C4H4O4/c1-11-16(13-5-3-4-6-14(13)19(11)2)15(20)8-7-12-9-17-10-18-12;5-3(6)1-2-4(7)8/h3-6,9-10H,7-8H2,1-2H3,(H,17,18);1-2H,(H,5,6)(H,7,8)/b;2-1-. The molecule has 3 rings (SSSR count). The molecule has 3 N–H and O–H groups in total. The third kappa shape index (κ3) is 5.16. The molecule has 3 aromatic rings. The Kier molecular flexibility index (Phi) is 6.86. The molecule has 0 amide bonds. The number of hydrogen-bond acceptors (Lipinski definition) is 4. The van der Waals surface area contributed by atoms with Gasteiger partial charge in [0.1, 0.15) is 0 Å². The number of carboxylic acids is 2. The normalized spacial score (nSPS) is 10.6. The van der Waals surface area contributed by atoms with E-state index in [1.807, 2.05) is 44.4 Å². The molecule has 2 heterocycles. The maximum Gasteiger partial charge on any atom is 0.328 e. The minimum atomic E-state index is -1.26. The van der Waals surface area contributed by atoms with Crippen molar-refractivity contribution in [3.05, 3.63) is 65.9 Å². The van der Waals surface area contributed by atoms with Crippen LogP contribution in [0.25, 0.3) is 10.9 Å². The van der Waals surface area contributed by atoms with E-state index >= 15 is 0 Å². The minimum absolute atomic E-state index is 0.183. The Morgan fingerprint density at radius 3 is 2.36 bits per heavy atom. The number of H-pyrrole nitrogens is 1. The molecule has 0 saturated heterocycles.